The molecule has 0 radical (unpaired) electrons. The maximum Gasteiger partial charge on any atom is 0.264 e. The number of likely N-dealkylation sites (N-methyl/N-ethyl adjacent to an activating group) is 1. The normalized spacial score (nSPS) is 20.3. The van der Waals surface area contributed by atoms with Crippen molar-refractivity contribution in [3.8, 4) is 0 Å². The van der Waals surface area contributed by atoms with Crippen LogP contribution in [0.4, 0.5) is 0 Å². The van der Waals surface area contributed by atoms with Crippen molar-refractivity contribution in [1.29, 1.82) is 0 Å². The van der Waals surface area contributed by atoms with Crippen LogP contribution >= 0.6 is 39.7 Å². The quantitative estimate of drug-likeness (QED) is 0.665. The molecule has 2 atom stereocenters. The van der Waals surface area contributed by atoms with Gasteiger partial charge in [0.05, 0.1) is 21.3 Å². The number of rotatable bonds is 5. The smallest absolute Gasteiger partial charge is 0.264 e. The predicted octanol–water partition coefficient (Wildman–Crippen LogP) is 0.701. The van der Waals surface area contributed by atoms with Crippen LogP contribution in [0.1, 0.15) is 9.67 Å². The van der Waals surface area contributed by atoms with E-state index in [1.165, 1.54) is 16.2 Å². The van der Waals surface area contributed by atoms with Crippen LogP contribution in [-0.4, -0.2) is 61.2 Å². The van der Waals surface area contributed by atoms with Crippen LogP contribution in [0.2, 0.25) is 0 Å². The van der Waals surface area contributed by atoms with Gasteiger partial charge >= 0.3 is 0 Å². The highest BCUT2D eigenvalue weighted by Gasteiger charge is 2.25. The molecule has 1 fully saturated rings. The first-order valence-electron chi connectivity index (χ1n) is 6.63. The number of aliphatic hydroxyl groups excluding tert-OH is 1. The zero-order valence-corrected chi connectivity index (χ0v) is 15.3. The van der Waals surface area contributed by atoms with Gasteiger partial charge in [-0.25, -0.2) is 0 Å². The number of carbonyl (C=O) groups excluding carboxylic acids is 2. The number of hydrogen-bond donors (Lipinski definition) is 3. The maximum absolute atomic E-state index is 12.1. The summed E-state index contributed by atoms with van der Waals surface area (Å²) >= 11 is 4.65. The molecule has 0 saturated carbocycles. The van der Waals surface area contributed by atoms with Crippen molar-refractivity contribution in [2.75, 3.05) is 33.2 Å². The van der Waals surface area contributed by atoms with Gasteiger partial charge in [-0.2, -0.15) is 0 Å². The first-order valence-corrected chi connectivity index (χ1v) is 8.24. The second kappa shape index (κ2) is 8.83. The lowest BCUT2D eigenvalue weighted by Crippen LogP contribution is -2.41. The number of hydrogen-bond acceptors (Lipinski definition) is 5. The highest BCUT2D eigenvalue weighted by molar-refractivity contribution is 9.11. The van der Waals surface area contributed by atoms with E-state index in [0.29, 0.717) is 24.5 Å². The largest absolute Gasteiger partial charge is 0.391 e. The number of β-amino-alcohol motifs (C(OH)–C–C–N with tert-alkyl or cyclic N) is 1. The van der Waals surface area contributed by atoms with E-state index in [9.17, 15) is 14.7 Å². The molecule has 2 amide bonds. The van der Waals surface area contributed by atoms with Crippen LogP contribution in [0.25, 0.3) is 0 Å². The van der Waals surface area contributed by atoms with Gasteiger partial charge in [-0.1, -0.05) is 0 Å². The Labute approximate surface area is 147 Å². The van der Waals surface area contributed by atoms with Crippen molar-refractivity contribution < 1.29 is 14.7 Å². The van der Waals surface area contributed by atoms with E-state index >= 15 is 0 Å². The molecule has 9 heteroatoms. The van der Waals surface area contributed by atoms with E-state index in [0.717, 1.165) is 3.79 Å². The fraction of sp³-hybridized carbons (Fsp3) is 0.538. The second-order valence-corrected chi connectivity index (χ2v) is 7.52. The molecule has 0 aromatic carbocycles. The highest BCUT2D eigenvalue weighted by atomic mass is 79.9. The van der Waals surface area contributed by atoms with Crippen molar-refractivity contribution in [1.82, 2.24) is 15.5 Å². The predicted molar refractivity (Wildman–Crippen MR) is 91.6 cm³/mol. The van der Waals surface area contributed by atoms with Gasteiger partial charge in [-0.15, -0.1) is 23.7 Å². The van der Waals surface area contributed by atoms with E-state index in [-0.39, 0.29) is 36.7 Å². The number of thiophene rings is 1. The van der Waals surface area contributed by atoms with Crippen molar-refractivity contribution in [3.63, 3.8) is 0 Å². The maximum atomic E-state index is 12.1. The van der Waals surface area contributed by atoms with Crippen molar-refractivity contribution in [3.05, 3.63) is 20.8 Å². The van der Waals surface area contributed by atoms with E-state index in [4.69, 9.17) is 0 Å². The van der Waals surface area contributed by atoms with Gasteiger partial charge in [0.1, 0.15) is 0 Å². The molecule has 1 aliphatic rings. The lowest BCUT2D eigenvalue weighted by molar-refractivity contribution is -0.121. The minimum Gasteiger partial charge on any atom is -0.391 e. The van der Waals surface area contributed by atoms with Crippen LogP contribution in [0, 0.1) is 5.92 Å². The summed E-state index contributed by atoms with van der Waals surface area (Å²) in [4.78, 5) is 25.9. The molecule has 1 saturated heterocycles. The number of nitrogens with zero attached hydrogens (tertiary/aromatic N) is 1. The minimum absolute atomic E-state index is 0. The average molecular weight is 413 g/mol. The number of nitrogens with one attached hydrogen (secondary N) is 2. The van der Waals surface area contributed by atoms with E-state index in [1.807, 2.05) is 0 Å². The van der Waals surface area contributed by atoms with Crippen molar-refractivity contribution >= 4 is 51.5 Å². The summed E-state index contributed by atoms with van der Waals surface area (Å²) in [6.45, 7) is 1.68. The topological polar surface area (TPSA) is 81.7 Å². The minimum atomic E-state index is -0.423. The lowest BCUT2D eigenvalue weighted by Gasteiger charge is -2.18. The van der Waals surface area contributed by atoms with Gasteiger partial charge in [0, 0.05) is 32.6 Å². The molecule has 2 unspecified atom stereocenters. The standard InChI is InChI=1S/C13H18BrN3O3S.ClH/c1-17(13(20)10-2-3-11(14)21-10)7-12(19)16-5-8-4-15-6-9(8)18;/h2-3,8-9,15,18H,4-7H2,1H3,(H,16,19);1H. The summed E-state index contributed by atoms with van der Waals surface area (Å²) in [7, 11) is 1.60. The third-order valence-electron chi connectivity index (χ3n) is 3.38. The fourth-order valence-corrected chi connectivity index (χ4v) is 3.51. The average Bonchev–Trinajstić information content (AvgIpc) is 3.04. The lowest BCUT2D eigenvalue weighted by atomic mass is 10.1. The Morgan fingerprint density at radius 1 is 1.50 bits per heavy atom. The molecule has 1 aromatic rings. The summed E-state index contributed by atoms with van der Waals surface area (Å²) in [6, 6.07) is 3.53. The molecule has 2 heterocycles. The Balaban J connectivity index is 0.00000242. The zero-order chi connectivity index (χ0) is 15.4. The molecule has 3 N–H and O–H groups in total. The Morgan fingerprint density at radius 2 is 2.23 bits per heavy atom. The summed E-state index contributed by atoms with van der Waals surface area (Å²) in [5.74, 6) is -0.368. The van der Waals surface area contributed by atoms with Crippen molar-refractivity contribution in [2.45, 2.75) is 6.10 Å². The molecule has 1 aromatic heterocycles. The van der Waals surface area contributed by atoms with Crippen LogP contribution in [0.3, 0.4) is 0 Å². The number of carbonyl (C=O) groups is 2. The van der Waals surface area contributed by atoms with E-state index in [2.05, 4.69) is 26.6 Å². The Morgan fingerprint density at radius 3 is 2.77 bits per heavy atom. The van der Waals surface area contributed by atoms with Gasteiger partial charge in [0.25, 0.3) is 5.91 Å². The zero-order valence-electron chi connectivity index (χ0n) is 12.0. The molecule has 22 heavy (non-hydrogen) atoms. The SMILES string of the molecule is CN(CC(=O)NCC1CNCC1O)C(=O)c1ccc(Br)s1.Cl. The first kappa shape index (κ1) is 19.4. The molecule has 0 aliphatic carbocycles. The van der Waals surface area contributed by atoms with Gasteiger partial charge in [0.15, 0.2) is 0 Å². The number of aliphatic hydroxyl groups is 1. The van der Waals surface area contributed by atoms with Gasteiger partial charge < -0.3 is 20.6 Å². The second-order valence-electron chi connectivity index (χ2n) is 5.05. The molecule has 0 spiro atoms. The fourth-order valence-electron chi connectivity index (χ4n) is 2.13. The molecule has 6 nitrogen and oxygen atoms in total. The summed E-state index contributed by atoms with van der Waals surface area (Å²) in [5, 5.41) is 15.5. The molecule has 0 bridgehead atoms. The molecule has 2 rings (SSSR count). The van der Waals surface area contributed by atoms with Crippen LogP contribution in [0.5, 0.6) is 0 Å². The number of halogens is 2. The van der Waals surface area contributed by atoms with E-state index < -0.39 is 6.10 Å². The van der Waals surface area contributed by atoms with Gasteiger partial charge in [-0.3, -0.25) is 9.59 Å². The van der Waals surface area contributed by atoms with E-state index in [1.54, 1.807) is 19.2 Å². The van der Waals surface area contributed by atoms with Crippen LogP contribution in [0.15, 0.2) is 15.9 Å². The van der Waals surface area contributed by atoms with Gasteiger partial charge in [0.2, 0.25) is 5.91 Å². The molecular formula is C13H19BrClN3O3S. The summed E-state index contributed by atoms with van der Waals surface area (Å²) < 4.78 is 0.881. The molecule has 124 valence electrons. The summed E-state index contributed by atoms with van der Waals surface area (Å²) in [5.41, 5.74) is 0. The monoisotopic (exact) mass is 411 g/mol. The Hall–Kier alpha value is -0.670. The van der Waals surface area contributed by atoms with Crippen LogP contribution < -0.4 is 10.6 Å². The van der Waals surface area contributed by atoms with Gasteiger partial charge in [-0.05, 0) is 28.1 Å². The number of amides is 2. The Kier molecular flexibility index (Phi) is 7.78. The Bertz CT molecular complexity index is 528. The highest BCUT2D eigenvalue weighted by Crippen LogP contribution is 2.22. The molecule has 1 aliphatic heterocycles. The molecular weight excluding hydrogens is 394 g/mol. The summed E-state index contributed by atoms with van der Waals surface area (Å²) in [6.07, 6.45) is -0.423. The third kappa shape index (κ3) is 5.20. The van der Waals surface area contributed by atoms with Crippen molar-refractivity contribution in [2.24, 2.45) is 5.92 Å². The third-order valence-corrected chi connectivity index (χ3v) is 4.99. The first-order chi connectivity index (χ1) is 9.97. The van der Waals surface area contributed by atoms with Crippen LogP contribution in [-0.2, 0) is 4.79 Å².